The van der Waals surface area contributed by atoms with E-state index in [4.69, 9.17) is 4.74 Å². The van der Waals surface area contributed by atoms with Gasteiger partial charge in [-0.15, -0.1) is 0 Å². The second kappa shape index (κ2) is 11.5. The van der Waals surface area contributed by atoms with Crippen LogP contribution >= 0.6 is 0 Å². The van der Waals surface area contributed by atoms with Crippen molar-refractivity contribution in [2.24, 2.45) is 4.99 Å². The molecule has 0 amide bonds. The lowest BCUT2D eigenvalue weighted by atomic mass is 10.2. The van der Waals surface area contributed by atoms with Crippen molar-refractivity contribution < 1.29 is 18.3 Å². The molecule has 1 heterocycles. The molecule has 1 aromatic heterocycles. The number of ether oxygens (including phenoxy) is 2. The van der Waals surface area contributed by atoms with E-state index >= 15 is 0 Å². The van der Waals surface area contributed by atoms with Crippen LogP contribution in [0, 0.1) is 0 Å². The van der Waals surface area contributed by atoms with E-state index in [9.17, 15) is 8.78 Å². The van der Waals surface area contributed by atoms with Crippen molar-refractivity contribution in [1.82, 2.24) is 15.6 Å². The van der Waals surface area contributed by atoms with Crippen molar-refractivity contribution in [2.45, 2.75) is 26.3 Å². The number of guanidine groups is 1. The lowest BCUT2D eigenvalue weighted by Crippen LogP contribution is -2.36. The summed E-state index contributed by atoms with van der Waals surface area (Å²) < 4.78 is 35.4. The van der Waals surface area contributed by atoms with Gasteiger partial charge in [0.2, 0.25) is 0 Å². The molecule has 0 spiro atoms. The minimum Gasteiger partial charge on any atom is -0.487 e. The first-order valence-corrected chi connectivity index (χ1v) is 9.73. The van der Waals surface area contributed by atoms with E-state index in [-0.39, 0.29) is 5.75 Å². The number of benzene rings is 2. The van der Waals surface area contributed by atoms with E-state index in [0.29, 0.717) is 31.2 Å². The Morgan fingerprint density at radius 3 is 2.42 bits per heavy atom. The van der Waals surface area contributed by atoms with Crippen LogP contribution in [0.5, 0.6) is 11.5 Å². The van der Waals surface area contributed by atoms with Gasteiger partial charge in [0.1, 0.15) is 18.1 Å². The van der Waals surface area contributed by atoms with Gasteiger partial charge in [-0.3, -0.25) is 9.98 Å². The van der Waals surface area contributed by atoms with Crippen LogP contribution in [0.1, 0.15) is 16.8 Å². The molecule has 0 aliphatic carbocycles. The molecule has 0 saturated carbocycles. The third-order valence-corrected chi connectivity index (χ3v) is 4.35. The predicted octanol–water partition coefficient (Wildman–Crippen LogP) is 4.13. The van der Waals surface area contributed by atoms with E-state index in [0.717, 1.165) is 17.0 Å². The molecular weight excluding hydrogens is 402 g/mol. The lowest BCUT2D eigenvalue weighted by molar-refractivity contribution is -0.0504. The maximum Gasteiger partial charge on any atom is 0.387 e. The topological polar surface area (TPSA) is 67.8 Å². The summed E-state index contributed by atoms with van der Waals surface area (Å²) in [5.74, 6) is 1.44. The van der Waals surface area contributed by atoms with E-state index in [2.05, 4.69) is 25.3 Å². The molecular formula is C23H24F2N4O2. The van der Waals surface area contributed by atoms with E-state index in [1.54, 1.807) is 31.4 Å². The minimum absolute atomic E-state index is 0.141. The summed E-state index contributed by atoms with van der Waals surface area (Å²) in [5.41, 5.74) is 2.51. The first kappa shape index (κ1) is 22.0. The largest absolute Gasteiger partial charge is 0.487 e. The van der Waals surface area contributed by atoms with Gasteiger partial charge in [0.05, 0.1) is 5.69 Å². The predicted molar refractivity (Wildman–Crippen MR) is 115 cm³/mol. The maximum absolute atomic E-state index is 12.5. The van der Waals surface area contributed by atoms with Crippen LogP contribution in [0.25, 0.3) is 0 Å². The van der Waals surface area contributed by atoms with Crippen molar-refractivity contribution in [1.29, 1.82) is 0 Å². The molecule has 0 aliphatic rings. The molecule has 0 saturated heterocycles. The summed E-state index contributed by atoms with van der Waals surface area (Å²) in [6.45, 7) is -1.63. The van der Waals surface area contributed by atoms with E-state index < -0.39 is 6.61 Å². The molecule has 3 aromatic rings. The maximum atomic E-state index is 12.5. The van der Waals surface area contributed by atoms with Gasteiger partial charge in [-0.1, -0.05) is 36.4 Å². The van der Waals surface area contributed by atoms with Crippen LogP contribution in [-0.4, -0.2) is 24.6 Å². The van der Waals surface area contributed by atoms with Gasteiger partial charge in [-0.2, -0.15) is 8.78 Å². The Balaban J connectivity index is 1.47. The quantitative estimate of drug-likeness (QED) is 0.398. The summed E-state index contributed by atoms with van der Waals surface area (Å²) in [7, 11) is 1.64. The Morgan fingerprint density at radius 2 is 1.71 bits per heavy atom. The van der Waals surface area contributed by atoms with Crippen LogP contribution in [0.2, 0.25) is 0 Å². The highest BCUT2D eigenvalue weighted by Crippen LogP contribution is 2.20. The van der Waals surface area contributed by atoms with E-state index in [1.807, 2.05) is 42.5 Å². The van der Waals surface area contributed by atoms with Gasteiger partial charge in [0.25, 0.3) is 0 Å². The second-order valence-corrected chi connectivity index (χ2v) is 6.52. The third-order valence-electron chi connectivity index (χ3n) is 4.35. The Labute approximate surface area is 180 Å². The summed E-state index contributed by atoms with van der Waals surface area (Å²) >= 11 is 0. The van der Waals surface area contributed by atoms with Crippen molar-refractivity contribution in [3.05, 3.63) is 89.7 Å². The van der Waals surface area contributed by atoms with Crippen LogP contribution in [0.3, 0.4) is 0 Å². The van der Waals surface area contributed by atoms with Gasteiger partial charge >= 0.3 is 6.61 Å². The van der Waals surface area contributed by atoms with Crippen LogP contribution in [0.15, 0.2) is 77.9 Å². The number of alkyl halides is 2. The number of pyridine rings is 1. The highest BCUT2D eigenvalue weighted by Gasteiger charge is 2.09. The Kier molecular flexibility index (Phi) is 8.16. The number of nitrogens with one attached hydrogen (secondary N) is 2. The van der Waals surface area contributed by atoms with Crippen molar-refractivity contribution >= 4 is 5.96 Å². The van der Waals surface area contributed by atoms with E-state index in [1.165, 1.54) is 6.07 Å². The monoisotopic (exact) mass is 426 g/mol. The summed E-state index contributed by atoms with van der Waals surface area (Å²) in [4.78, 5) is 8.39. The lowest BCUT2D eigenvalue weighted by Gasteiger charge is -2.14. The summed E-state index contributed by atoms with van der Waals surface area (Å²) in [6, 6.07) is 20.1. The molecule has 0 radical (unpaired) electrons. The normalized spacial score (nSPS) is 11.3. The summed E-state index contributed by atoms with van der Waals surface area (Å²) in [5, 5.41) is 6.29. The van der Waals surface area contributed by atoms with Crippen molar-refractivity contribution in [2.75, 3.05) is 7.05 Å². The zero-order valence-corrected chi connectivity index (χ0v) is 17.1. The van der Waals surface area contributed by atoms with Gasteiger partial charge in [-0.05, 0) is 35.9 Å². The molecule has 0 bridgehead atoms. The number of hydrogen-bond acceptors (Lipinski definition) is 4. The molecule has 3 rings (SSSR count). The molecule has 0 fully saturated rings. The first-order valence-electron chi connectivity index (χ1n) is 9.73. The van der Waals surface area contributed by atoms with Gasteiger partial charge < -0.3 is 20.1 Å². The van der Waals surface area contributed by atoms with Crippen LogP contribution < -0.4 is 20.1 Å². The average molecular weight is 426 g/mol. The SMILES string of the molecule is CN=C(NCc1ccc(OCc2ccccn2)cc1)NCc1ccccc1OC(F)F. The Hall–Kier alpha value is -3.68. The molecule has 0 unspecified atom stereocenters. The number of aliphatic imine (C=N–C) groups is 1. The zero-order valence-electron chi connectivity index (χ0n) is 17.1. The van der Waals surface area contributed by atoms with Crippen LogP contribution in [0.4, 0.5) is 8.78 Å². The van der Waals surface area contributed by atoms with Crippen molar-refractivity contribution in [3.8, 4) is 11.5 Å². The fraction of sp³-hybridized carbons (Fsp3) is 0.217. The summed E-state index contributed by atoms with van der Waals surface area (Å²) in [6.07, 6.45) is 1.73. The van der Waals surface area contributed by atoms with Crippen molar-refractivity contribution in [3.63, 3.8) is 0 Å². The number of hydrogen-bond donors (Lipinski definition) is 2. The number of nitrogens with zero attached hydrogens (tertiary/aromatic N) is 2. The van der Waals surface area contributed by atoms with Gasteiger partial charge in [0, 0.05) is 31.9 Å². The molecule has 162 valence electrons. The molecule has 0 atom stereocenters. The Morgan fingerprint density at radius 1 is 0.968 bits per heavy atom. The number of halogens is 2. The smallest absolute Gasteiger partial charge is 0.387 e. The van der Waals surface area contributed by atoms with Gasteiger partial charge in [-0.25, -0.2) is 0 Å². The molecule has 2 N–H and O–H groups in total. The molecule has 0 aliphatic heterocycles. The average Bonchev–Trinajstić information content (AvgIpc) is 2.80. The fourth-order valence-corrected chi connectivity index (χ4v) is 2.79. The number of para-hydroxylation sites is 1. The molecule has 2 aromatic carbocycles. The van der Waals surface area contributed by atoms with Crippen LogP contribution in [-0.2, 0) is 19.7 Å². The first-order chi connectivity index (χ1) is 15.1. The second-order valence-electron chi connectivity index (χ2n) is 6.52. The number of aromatic nitrogens is 1. The highest BCUT2D eigenvalue weighted by atomic mass is 19.3. The molecule has 6 nitrogen and oxygen atoms in total. The molecule has 8 heteroatoms. The molecule has 31 heavy (non-hydrogen) atoms. The highest BCUT2D eigenvalue weighted by molar-refractivity contribution is 5.79. The zero-order chi connectivity index (χ0) is 21.9. The standard InChI is InChI=1S/C23H24F2N4O2/c1-26-23(29-15-18-6-2-3-8-21(18)31-22(24)25)28-14-17-9-11-20(12-10-17)30-16-19-7-4-5-13-27-19/h2-13,22H,14-16H2,1H3,(H2,26,28,29). The van der Waals surface area contributed by atoms with Gasteiger partial charge in [0.15, 0.2) is 5.96 Å². The fourth-order valence-electron chi connectivity index (χ4n) is 2.79. The minimum atomic E-state index is -2.87. The third kappa shape index (κ3) is 7.26. The Bertz CT molecular complexity index is 967. The number of rotatable bonds is 9.